The van der Waals surface area contributed by atoms with E-state index >= 15 is 0 Å². The fourth-order valence-corrected chi connectivity index (χ4v) is 2.35. The molecule has 1 aromatic carbocycles. The Kier molecular flexibility index (Phi) is 2.24. The normalized spacial score (nSPS) is 15.6. The van der Waals surface area contributed by atoms with Crippen molar-refractivity contribution >= 4 is 22.3 Å². The van der Waals surface area contributed by atoms with Crippen LogP contribution in [0.5, 0.6) is 0 Å². The Hall–Kier alpha value is -2.04. The van der Waals surface area contributed by atoms with Crippen molar-refractivity contribution in [2.45, 2.75) is 12.8 Å². The molecule has 1 fully saturated rings. The molecule has 0 radical (unpaired) electrons. The Bertz CT molecular complexity index is 613. The van der Waals surface area contributed by atoms with Crippen LogP contribution in [-0.4, -0.2) is 23.1 Å². The van der Waals surface area contributed by atoms with Gasteiger partial charge in [0.2, 0.25) is 0 Å². The van der Waals surface area contributed by atoms with E-state index in [2.05, 4.69) is 14.9 Å². The van der Waals surface area contributed by atoms with Crippen LogP contribution in [0.25, 0.3) is 10.9 Å². The van der Waals surface area contributed by atoms with Gasteiger partial charge in [0.05, 0.1) is 17.4 Å². The van der Waals surface area contributed by atoms with Gasteiger partial charge in [-0.05, 0) is 25.0 Å². The third kappa shape index (κ3) is 1.63. The standard InChI is InChI=1S/C12H14N4O/c13-10-6-8(16-3-1-2-4-16)5-9-11(10)14-7-15-12(9)17/h5-7H,1-4,13H2,(H,14,15,17). The van der Waals surface area contributed by atoms with Gasteiger partial charge in [-0.3, -0.25) is 4.79 Å². The number of aromatic nitrogens is 2. The highest BCUT2D eigenvalue weighted by Crippen LogP contribution is 2.26. The maximum atomic E-state index is 11.7. The molecule has 5 nitrogen and oxygen atoms in total. The molecule has 1 aromatic heterocycles. The Labute approximate surface area is 98.3 Å². The van der Waals surface area contributed by atoms with Crippen molar-refractivity contribution in [1.82, 2.24) is 9.97 Å². The zero-order valence-electron chi connectivity index (χ0n) is 9.44. The fourth-order valence-electron chi connectivity index (χ4n) is 2.35. The van der Waals surface area contributed by atoms with Gasteiger partial charge in [-0.1, -0.05) is 0 Å². The van der Waals surface area contributed by atoms with Crippen LogP contribution in [0.1, 0.15) is 12.8 Å². The van der Waals surface area contributed by atoms with E-state index in [0.29, 0.717) is 16.6 Å². The van der Waals surface area contributed by atoms with Crippen molar-refractivity contribution in [1.29, 1.82) is 0 Å². The molecule has 1 saturated heterocycles. The third-order valence-electron chi connectivity index (χ3n) is 3.23. The third-order valence-corrected chi connectivity index (χ3v) is 3.23. The maximum absolute atomic E-state index is 11.7. The van der Waals surface area contributed by atoms with E-state index in [4.69, 9.17) is 5.73 Å². The first-order valence-electron chi connectivity index (χ1n) is 5.77. The molecular formula is C12H14N4O. The van der Waals surface area contributed by atoms with Gasteiger partial charge in [0.1, 0.15) is 5.52 Å². The quantitative estimate of drug-likeness (QED) is 0.719. The summed E-state index contributed by atoms with van der Waals surface area (Å²) in [6.45, 7) is 2.06. The van der Waals surface area contributed by atoms with Crippen molar-refractivity contribution < 1.29 is 0 Å². The first-order valence-corrected chi connectivity index (χ1v) is 5.77. The summed E-state index contributed by atoms with van der Waals surface area (Å²) < 4.78 is 0. The predicted molar refractivity (Wildman–Crippen MR) is 68.2 cm³/mol. The van der Waals surface area contributed by atoms with E-state index in [1.807, 2.05) is 12.1 Å². The summed E-state index contributed by atoms with van der Waals surface area (Å²) in [7, 11) is 0. The molecule has 0 atom stereocenters. The minimum absolute atomic E-state index is 0.136. The van der Waals surface area contributed by atoms with Crippen LogP contribution in [-0.2, 0) is 0 Å². The maximum Gasteiger partial charge on any atom is 0.258 e. The molecule has 0 unspecified atom stereocenters. The van der Waals surface area contributed by atoms with Gasteiger partial charge >= 0.3 is 0 Å². The molecule has 2 aromatic rings. The number of benzene rings is 1. The molecule has 3 N–H and O–H groups in total. The Morgan fingerprint density at radius 3 is 2.82 bits per heavy atom. The van der Waals surface area contributed by atoms with E-state index in [9.17, 15) is 4.79 Å². The lowest BCUT2D eigenvalue weighted by molar-refractivity contribution is 0.949. The average Bonchev–Trinajstić information content (AvgIpc) is 2.84. The highest BCUT2D eigenvalue weighted by Gasteiger charge is 2.14. The SMILES string of the molecule is Nc1cc(N2CCCC2)cc2c(=O)[nH]cnc12. The monoisotopic (exact) mass is 230 g/mol. The molecular weight excluding hydrogens is 216 g/mol. The summed E-state index contributed by atoms with van der Waals surface area (Å²) in [5.41, 5.74) is 7.98. The lowest BCUT2D eigenvalue weighted by Gasteiger charge is -2.18. The van der Waals surface area contributed by atoms with Crippen LogP contribution in [0.2, 0.25) is 0 Å². The smallest absolute Gasteiger partial charge is 0.258 e. The summed E-state index contributed by atoms with van der Waals surface area (Å²) in [6, 6.07) is 3.78. The highest BCUT2D eigenvalue weighted by molar-refractivity contribution is 5.92. The van der Waals surface area contributed by atoms with Crippen LogP contribution >= 0.6 is 0 Å². The van der Waals surface area contributed by atoms with Crippen molar-refractivity contribution in [2.75, 3.05) is 23.7 Å². The molecule has 1 aliphatic heterocycles. The number of hydrogen-bond acceptors (Lipinski definition) is 4. The lowest BCUT2D eigenvalue weighted by atomic mass is 10.2. The topological polar surface area (TPSA) is 75.0 Å². The molecule has 0 amide bonds. The number of nitrogens with two attached hydrogens (primary N) is 1. The average molecular weight is 230 g/mol. The number of nitrogens with one attached hydrogen (secondary N) is 1. The van der Waals surface area contributed by atoms with Gasteiger partial charge in [0, 0.05) is 18.8 Å². The van der Waals surface area contributed by atoms with Gasteiger partial charge in [-0.25, -0.2) is 4.98 Å². The Morgan fingerprint density at radius 2 is 2.06 bits per heavy atom. The number of aromatic amines is 1. The summed E-state index contributed by atoms with van der Waals surface area (Å²) in [5, 5.41) is 0.564. The van der Waals surface area contributed by atoms with E-state index in [1.165, 1.54) is 19.2 Å². The summed E-state index contributed by atoms with van der Waals surface area (Å²) in [4.78, 5) is 20.7. The number of rotatable bonds is 1. The van der Waals surface area contributed by atoms with Crippen LogP contribution in [0.4, 0.5) is 11.4 Å². The van der Waals surface area contributed by atoms with Crippen LogP contribution in [0.3, 0.4) is 0 Å². The van der Waals surface area contributed by atoms with Crippen molar-refractivity contribution in [3.8, 4) is 0 Å². The zero-order chi connectivity index (χ0) is 11.8. The van der Waals surface area contributed by atoms with Crippen molar-refractivity contribution in [3.63, 3.8) is 0 Å². The second-order valence-electron chi connectivity index (χ2n) is 4.36. The van der Waals surface area contributed by atoms with E-state index in [-0.39, 0.29) is 5.56 Å². The van der Waals surface area contributed by atoms with Gasteiger partial charge in [0.25, 0.3) is 5.56 Å². The first kappa shape index (κ1) is 10.1. The number of hydrogen-bond donors (Lipinski definition) is 2. The van der Waals surface area contributed by atoms with Gasteiger partial charge in [-0.15, -0.1) is 0 Å². The Morgan fingerprint density at radius 1 is 1.29 bits per heavy atom. The largest absolute Gasteiger partial charge is 0.397 e. The van der Waals surface area contributed by atoms with E-state index in [0.717, 1.165) is 18.8 Å². The molecule has 0 aliphatic carbocycles. The number of nitrogens with zero attached hydrogens (tertiary/aromatic N) is 2. The lowest BCUT2D eigenvalue weighted by Crippen LogP contribution is -2.18. The van der Waals surface area contributed by atoms with Crippen LogP contribution in [0, 0.1) is 0 Å². The molecule has 5 heteroatoms. The fraction of sp³-hybridized carbons (Fsp3) is 0.333. The second kappa shape index (κ2) is 3.76. The molecule has 2 heterocycles. The summed E-state index contributed by atoms with van der Waals surface area (Å²) in [6.07, 6.45) is 3.78. The highest BCUT2D eigenvalue weighted by atomic mass is 16.1. The molecule has 0 bridgehead atoms. The Balaban J connectivity index is 2.22. The van der Waals surface area contributed by atoms with Crippen LogP contribution < -0.4 is 16.2 Å². The molecule has 17 heavy (non-hydrogen) atoms. The van der Waals surface area contributed by atoms with Crippen LogP contribution in [0.15, 0.2) is 23.3 Å². The zero-order valence-corrected chi connectivity index (χ0v) is 9.44. The molecule has 0 saturated carbocycles. The second-order valence-corrected chi connectivity index (χ2v) is 4.36. The van der Waals surface area contributed by atoms with E-state index < -0.39 is 0 Å². The van der Waals surface area contributed by atoms with E-state index in [1.54, 1.807) is 0 Å². The van der Waals surface area contributed by atoms with Gasteiger partial charge in [0.15, 0.2) is 0 Å². The summed E-state index contributed by atoms with van der Waals surface area (Å²) in [5.74, 6) is 0. The molecule has 3 rings (SSSR count). The van der Waals surface area contributed by atoms with Gasteiger partial charge < -0.3 is 15.6 Å². The minimum atomic E-state index is -0.136. The van der Waals surface area contributed by atoms with Crippen molar-refractivity contribution in [3.05, 3.63) is 28.8 Å². The number of nitrogen functional groups attached to an aromatic ring is 1. The first-order chi connectivity index (χ1) is 8.25. The number of H-pyrrole nitrogens is 1. The number of anilines is 2. The predicted octanol–water partition coefficient (Wildman–Crippen LogP) is 1.11. The molecule has 1 aliphatic rings. The molecule has 0 spiro atoms. The summed E-state index contributed by atoms with van der Waals surface area (Å²) >= 11 is 0. The minimum Gasteiger partial charge on any atom is -0.397 e. The van der Waals surface area contributed by atoms with Crippen molar-refractivity contribution in [2.24, 2.45) is 0 Å². The van der Waals surface area contributed by atoms with Gasteiger partial charge in [-0.2, -0.15) is 0 Å². The number of fused-ring (bicyclic) bond motifs is 1. The molecule has 88 valence electrons.